The number of hydrogen-bond acceptors (Lipinski definition) is 6. The molecule has 5 nitrogen and oxygen atoms in total. The summed E-state index contributed by atoms with van der Waals surface area (Å²) in [4.78, 5) is 21.5. The number of thioether (sulfide) groups is 1. The van der Waals surface area contributed by atoms with E-state index in [0.717, 1.165) is 6.42 Å². The number of carboxylic acids is 1. The van der Waals surface area contributed by atoms with Crippen LogP contribution in [0.1, 0.15) is 20.8 Å². The standard InChI is InChI=1S/C23H20FN3O2S2/c1-13-15(16-5-3-4-6-19(16)31-13)7-8-25-21-11-18(26-12-27-21)14-9-17(24)22(23(28)29)20(10-14)30-2/h3-6,9-12H,7-8H2,1-2H3,(H,28,29)(H,25,26,27). The molecule has 4 rings (SSSR count). The van der Waals surface area contributed by atoms with Crippen molar-refractivity contribution in [3.8, 4) is 11.3 Å². The summed E-state index contributed by atoms with van der Waals surface area (Å²) in [5.41, 5.74) is 2.05. The molecule has 4 aromatic rings. The van der Waals surface area contributed by atoms with E-state index >= 15 is 0 Å². The lowest BCUT2D eigenvalue weighted by atomic mass is 10.1. The highest BCUT2D eigenvalue weighted by molar-refractivity contribution is 7.98. The minimum atomic E-state index is -1.28. The maximum Gasteiger partial charge on any atom is 0.339 e. The van der Waals surface area contributed by atoms with Gasteiger partial charge in [0.05, 0.1) is 5.69 Å². The molecule has 2 aromatic carbocycles. The average Bonchev–Trinajstić information content (AvgIpc) is 3.08. The molecule has 0 atom stereocenters. The fraction of sp³-hybridized carbons (Fsp3) is 0.174. The van der Waals surface area contributed by atoms with Crippen LogP contribution in [-0.2, 0) is 6.42 Å². The van der Waals surface area contributed by atoms with Crippen LogP contribution in [0.2, 0.25) is 0 Å². The van der Waals surface area contributed by atoms with Crippen LogP contribution in [0.5, 0.6) is 0 Å². The van der Waals surface area contributed by atoms with Crippen LogP contribution in [0.4, 0.5) is 10.2 Å². The van der Waals surface area contributed by atoms with Crippen molar-refractivity contribution in [2.24, 2.45) is 0 Å². The molecule has 0 bridgehead atoms. The van der Waals surface area contributed by atoms with Crippen LogP contribution >= 0.6 is 23.1 Å². The Balaban J connectivity index is 1.53. The van der Waals surface area contributed by atoms with Gasteiger partial charge in [-0.1, -0.05) is 18.2 Å². The van der Waals surface area contributed by atoms with Crippen LogP contribution in [-0.4, -0.2) is 33.8 Å². The van der Waals surface area contributed by atoms with Crippen LogP contribution in [0.25, 0.3) is 21.3 Å². The van der Waals surface area contributed by atoms with Gasteiger partial charge in [-0.2, -0.15) is 0 Å². The first-order valence-electron chi connectivity index (χ1n) is 9.62. The molecule has 0 aliphatic heterocycles. The Hall–Kier alpha value is -2.97. The molecule has 158 valence electrons. The molecule has 2 aromatic heterocycles. The van der Waals surface area contributed by atoms with Gasteiger partial charge in [-0.05, 0) is 48.7 Å². The van der Waals surface area contributed by atoms with E-state index < -0.39 is 11.8 Å². The lowest BCUT2D eigenvalue weighted by Gasteiger charge is -2.10. The zero-order chi connectivity index (χ0) is 22.0. The monoisotopic (exact) mass is 453 g/mol. The first-order chi connectivity index (χ1) is 15.0. The number of nitrogens with one attached hydrogen (secondary N) is 1. The summed E-state index contributed by atoms with van der Waals surface area (Å²) in [5.74, 6) is -1.42. The van der Waals surface area contributed by atoms with Crippen molar-refractivity contribution < 1.29 is 14.3 Å². The SMILES string of the molecule is CSc1cc(-c2cc(NCCc3c(C)sc4ccccc34)ncn2)cc(F)c1C(=O)O. The second-order valence-electron chi connectivity index (χ2n) is 6.94. The third-order valence-corrected chi connectivity index (χ3v) is 6.92. The van der Waals surface area contributed by atoms with Crippen molar-refractivity contribution >= 4 is 45.0 Å². The maximum atomic E-state index is 14.4. The van der Waals surface area contributed by atoms with Gasteiger partial charge in [0.25, 0.3) is 0 Å². The van der Waals surface area contributed by atoms with Crippen LogP contribution in [0.15, 0.2) is 53.7 Å². The van der Waals surface area contributed by atoms with Gasteiger partial charge in [0, 0.05) is 32.6 Å². The van der Waals surface area contributed by atoms with Gasteiger partial charge >= 0.3 is 5.97 Å². The molecule has 0 saturated heterocycles. The molecule has 0 fully saturated rings. The second kappa shape index (κ2) is 9.03. The predicted octanol–water partition coefficient (Wildman–Crippen LogP) is 5.88. The number of aromatic nitrogens is 2. The predicted molar refractivity (Wildman–Crippen MR) is 125 cm³/mol. The zero-order valence-corrected chi connectivity index (χ0v) is 18.6. The second-order valence-corrected chi connectivity index (χ2v) is 9.04. The number of aryl methyl sites for hydroxylation is 1. The Morgan fingerprint density at radius 3 is 2.81 bits per heavy atom. The van der Waals surface area contributed by atoms with Crippen molar-refractivity contribution in [1.82, 2.24) is 9.97 Å². The van der Waals surface area contributed by atoms with Gasteiger partial charge in [-0.3, -0.25) is 0 Å². The van der Waals surface area contributed by atoms with E-state index in [4.69, 9.17) is 0 Å². The van der Waals surface area contributed by atoms with E-state index in [1.807, 2.05) is 0 Å². The first-order valence-corrected chi connectivity index (χ1v) is 11.7. The number of rotatable bonds is 7. The van der Waals surface area contributed by atoms with Crippen molar-refractivity contribution in [3.63, 3.8) is 0 Å². The Bertz CT molecular complexity index is 1270. The molecule has 8 heteroatoms. The van der Waals surface area contributed by atoms with Crippen LogP contribution < -0.4 is 5.32 Å². The molecule has 0 radical (unpaired) electrons. The fourth-order valence-electron chi connectivity index (χ4n) is 3.56. The number of benzene rings is 2. The molecule has 0 aliphatic rings. The molecule has 0 unspecified atom stereocenters. The quantitative estimate of drug-likeness (QED) is 0.340. The van der Waals surface area contributed by atoms with E-state index in [1.54, 1.807) is 29.7 Å². The highest BCUT2D eigenvalue weighted by atomic mass is 32.2. The number of hydrogen-bond donors (Lipinski definition) is 2. The molecular formula is C23H20FN3O2S2. The van der Waals surface area contributed by atoms with Gasteiger partial charge in [0.1, 0.15) is 23.5 Å². The Kier molecular flexibility index (Phi) is 6.20. The summed E-state index contributed by atoms with van der Waals surface area (Å²) >= 11 is 2.99. The molecular weight excluding hydrogens is 433 g/mol. The number of aromatic carboxylic acids is 1. The number of anilines is 1. The smallest absolute Gasteiger partial charge is 0.339 e. The van der Waals surface area contributed by atoms with Gasteiger partial charge in [-0.15, -0.1) is 23.1 Å². The first kappa shape index (κ1) is 21.3. The molecule has 0 amide bonds. The van der Waals surface area contributed by atoms with Gasteiger partial charge in [0.2, 0.25) is 0 Å². The molecule has 0 saturated carbocycles. The van der Waals surface area contributed by atoms with Crippen LogP contribution in [0.3, 0.4) is 0 Å². The van der Waals surface area contributed by atoms with Crippen molar-refractivity contribution in [3.05, 3.63) is 70.6 Å². The molecule has 2 heterocycles. The summed E-state index contributed by atoms with van der Waals surface area (Å²) in [6.45, 7) is 2.84. The number of nitrogens with zero attached hydrogens (tertiary/aromatic N) is 2. The molecule has 0 aliphatic carbocycles. The summed E-state index contributed by atoms with van der Waals surface area (Å²) in [6.07, 6.45) is 3.99. The molecule has 31 heavy (non-hydrogen) atoms. The fourth-order valence-corrected chi connectivity index (χ4v) is 5.30. The van der Waals surface area contributed by atoms with Crippen molar-refractivity contribution in [2.45, 2.75) is 18.2 Å². The summed E-state index contributed by atoms with van der Waals surface area (Å²) < 4.78 is 15.7. The highest BCUT2D eigenvalue weighted by Gasteiger charge is 2.18. The van der Waals surface area contributed by atoms with E-state index in [0.29, 0.717) is 28.5 Å². The Labute approximate surface area is 187 Å². The summed E-state index contributed by atoms with van der Waals surface area (Å²) in [5, 5.41) is 13.9. The highest BCUT2D eigenvalue weighted by Crippen LogP contribution is 2.32. The number of halogens is 1. The number of carboxylic acid groups (broad SMARTS) is 1. The van der Waals surface area contributed by atoms with E-state index in [9.17, 15) is 14.3 Å². The Morgan fingerprint density at radius 1 is 1.23 bits per heavy atom. The number of fused-ring (bicyclic) bond motifs is 1. The Morgan fingerprint density at radius 2 is 2.03 bits per heavy atom. The van der Waals surface area contributed by atoms with Gasteiger partial charge in [0.15, 0.2) is 0 Å². The van der Waals surface area contributed by atoms with Crippen molar-refractivity contribution in [1.29, 1.82) is 0 Å². The maximum absolute atomic E-state index is 14.4. The van der Waals surface area contributed by atoms with Crippen molar-refractivity contribution in [2.75, 3.05) is 18.1 Å². The zero-order valence-electron chi connectivity index (χ0n) is 17.0. The van der Waals surface area contributed by atoms with Gasteiger partial charge < -0.3 is 10.4 Å². The van der Waals surface area contributed by atoms with E-state index in [-0.39, 0.29) is 5.56 Å². The van der Waals surface area contributed by atoms with E-state index in [2.05, 4.69) is 46.5 Å². The lowest BCUT2D eigenvalue weighted by Crippen LogP contribution is -2.07. The third-order valence-electron chi connectivity index (χ3n) is 5.03. The third kappa shape index (κ3) is 4.40. The number of thiophene rings is 1. The largest absolute Gasteiger partial charge is 0.478 e. The van der Waals surface area contributed by atoms with Crippen LogP contribution in [0, 0.1) is 12.7 Å². The topological polar surface area (TPSA) is 75.1 Å². The normalized spacial score (nSPS) is 11.1. The van der Waals surface area contributed by atoms with E-state index in [1.165, 1.54) is 44.7 Å². The minimum absolute atomic E-state index is 0.318. The van der Waals surface area contributed by atoms with Gasteiger partial charge in [-0.25, -0.2) is 19.2 Å². The summed E-state index contributed by atoms with van der Waals surface area (Å²) in [6, 6.07) is 13.0. The number of carbonyl (C=O) groups is 1. The molecule has 2 N–H and O–H groups in total. The lowest BCUT2D eigenvalue weighted by molar-refractivity contribution is 0.0688. The average molecular weight is 454 g/mol. The molecule has 0 spiro atoms. The summed E-state index contributed by atoms with van der Waals surface area (Å²) in [7, 11) is 0. The minimum Gasteiger partial charge on any atom is -0.478 e.